The monoisotopic (exact) mass is 495 g/mol. The number of likely N-dealkylation sites (N-methyl/N-ethyl adjacent to an activating group) is 1. The summed E-state index contributed by atoms with van der Waals surface area (Å²) in [5.41, 5.74) is 2.55. The Hall–Kier alpha value is -3.38. The maximum Gasteiger partial charge on any atom is 0.241 e. The van der Waals surface area contributed by atoms with Crippen molar-refractivity contribution in [3.8, 4) is 17.3 Å². The molecule has 1 saturated heterocycles. The lowest BCUT2D eigenvalue weighted by atomic mass is 10.1. The second-order valence-electron chi connectivity index (χ2n) is 7.87. The summed E-state index contributed by atoms with van der Waals surface area (Å²) in [4.78, 5) is 25.5. The molecular weight excluding hydrogens is 473 g/mol. The number of nitrogens with one attached hydrogen (secondary N) is 2. The molecule has 34 heavy (non-hydrogen) atoms. The fourth-order valence-corrected chi connectivity index (χ4v) is 4.14. The molecule has 4 rings (SSSR count). The predicted octanol–water partition coefficient (Wildman–Crippen LogP) is 4.12. The van der Waals surface area contributed by atoms with Gasteiger partial charge in [-0.1, -0.05) is 23.2 Å². The van der Waals surface area contributed by atoms with E-state index in [9.17, 15) is 4.79 Å². The zero-order valence-corrected chi connectivity index (χ0v) is 20.1. The summed E-state index contributed by atoms with van der Waals surface area (Å²) in [6.07, 6.45) is 1.53. The molecule has 0 unspecified atom stereocenters. The Morgan fingerprint density at radius 2 is 1.82 bits per heavy atom. The zero-order valence-electron chi connectivity index (χ0n) is 18.6. The Morgan fingerprint density at radius 1 is 1.06 bits per heavy atom. The van der Waals surface area contributed by atoms with Crippen LogP contribution in [-0.2, 0) is 4.79 Å². The smallest absolute Gasteiger partial charge is 0.241 e. The van der Waals surface area contributed by atoms with Gasteiger partial charge in [-0.05, 0) is 49.5 Å². The third-order valence-electron chi connectivity index (χ3n) is 5.39. The van der Waals surface area contributed by atoms with Crippen molar-refractivity contribution in [1.29, 1.82) is 5.26 Å². The molecule has 174 valence electrons. The van der Waals surface area contributed by atoms with Crippen LogP contribution in [0.2, 0.25) is 10.0 Å². The average Bonchev–Trinajstić information content (AvgIpc) is 2.82. The number of hydrogen-bond donors (Lipinski definition) is 2. The van der Waals surface area contributed by atoms with Crippen LogP contribution in [0.1, 0.15) is 5.56 Å². The van der Waals surface area contributed by atoms with Crippen molar-refractivity contribution in [2.24, 2.45) is 0 Å². The summed E-state index contributed by atoms with van der Waals surface area (Å²) in [5, 5.41) is 16.4. The van der Waals surface area contributed by atoms with Gasteiger partial charge in [0.05, 0.1) is 28.5 Å². The molecule has 10 heteroatoms. The Balaban J connectivity index is 1.53. The molecule has 0 spiro atoms. The van der Waals surface area contributed by atoms with Gasteiger partial charge in [-0.3, -0.25) is 9.69 Å². The van der Waals surface area contributed by atoms with Gasteiger partial charge in [0.2, 0.25) is 5.91 Å². The standard InChI is InChI=1S/C24H23Cl2N7O/c1-32-10-11-33(23(34)15-32)20-5-7-22(31-24(20)18-4-3-17(25)12-19(18)26)29-9-8-28-21-6-2-16(13-27)14-30-21/h2-7,12,14H,8-11,15H2,1H3,(H,28,30)(H,29,31). The van der Waals surface area contributed by atoms with Gasteiger partial charge in [-0.15, -0.1) is 0 Å². The van der Waals surface area contributed by atoms with Crippen LogP contribution in [0, 0.1) is 11.3 Å². The highest BCUT2D eigenvalue weighted by atomic mass is 35.5. The molecule has 1 aliphatic rings. The van der Waals surface area contributed by atoms with Crippen molar-refractivity contribution in [2.75, 3.05) is 55.3 Å². The molecule has 2 N–H and O–H groups in total. The van der Waals surface area contributed by atoms with E-state index in [1.54, 1.807) is 29.2 Å². The molecule has 1 amide bonds. The highest BCUT2D eigenvalue weighted by Gasteiger charge is 2.26. The van der Waals surface area contributed by atoms with Gasteiger partial charge in [0.1, 0.15) is 17.7 Å². The zero-order chi connectivity index (χ0) is 24.1. The van der Waals surface area contributed by atoms with Crippen LogP contribution < -0.4 is 15.5 Å². The minimum Gasteiger partial charge on any atom is -0.368 e. The van der Waals surface area contributed by atoms with Crippen LogP contribution in [-0.4, -0.2) is 60.5 Å². The predicted molar refractivity (Wildman–Crippen MR) is 135 cm³/mol. The lowest BCUT2D eigenvalue weighted by Gasteiger charge is -2.33. The number of carbonyl (C=O) groups is 1. The van der Waals surface area contributed by atoms with E-state index in [2.05, 4.69) is 15.6 Å². The number of benzene rings is 1. The fraction of sp³-hybridized carbons (Fsp3) is 0.250. The Labute approximate surface area is 208 Å². The van der Waals surface area contributed by atoms with E-state index in [0.717, 1.165) is 6.54 Å². The fourth-order valence-electron chi connectivity index (χ4n) is 3.64. The van der Waals surface area contributed by atoms with E-state index in [4.69, 9.17) is 33.4 Å². The minimum absolute atomic E-state index is 0.0155. The summed E-state index contributed by atoms with van der Waals surface area (Å²) in [6.45, 7) is 2.87. The van der Waals surface area contributed by atoms with Gasteiger partial charge in [-0.2, -0.15) is 5.26 Å². The lowest BCUT2D eigenvalue weighted by molar-refractivity contribution is -0.120. The first-order valence-corrected chi connectivity index (χ1v) is 11.5. The number of pyridine rings is 2. The van der Waals surface area contributed by atoms with Crippen LogP contribution in [0.25, 0.3) is 11.3 Å². The normalized spacial score (nSPS) is 14.1. The third-order valence-corrected chi connectivity index (χ3v) is 5.94. The first-order chi connectivity index (χ1) is 16.4. The number of nitriles is 1. The van der Waals surface area contributed by atoms with Crippen molar-refractivity contribution >= 4 is 46.4 Å². The van der Waals surface area contributed by atoms with Crippen LogP contribution in [0.4, 0.5) is 17.3 Å². The molecule has 0 radical (unpaired) electrons. The van der Waals surface area contributed by atoms with Crippen molar-refractivity contribution < 1.29 is 4.79 Å². The van der Waals surface area contributed by atoms with Crippen molar-refractivity contribution in [3.05, 3.63) is 64.3 Å². The summed E-state index contributed by atoms with van der Waals surface area (Å²) in [5.74, 6) is 1.36. The number of nitrogens with zero attached hydrogens (tertiary/aromatic N) is 5. The van der Waals surface area contributed by atoms with Crippen LogP contribution in [0.15, 0.2) is 48.7 Å². The first-order valence-electron chi connectivity index (χ1n) is 10.7. The summed E-state index contributed by atoms with van der Waals surface area (Å²) in [6, 6.07) is 14.5. The van der Waals surface area contributed by atoms with Gasteiger partial charge >= 0.3 is 0 Å². The van der Waals surface area contributed by atoms with Crippen LogP contribution in [0.3, 0.4) is 0 Å². The van der Waals surface area contributed by atoms with Gasteiger partial charge < -0.3 is 15.5 Å². The van der Waals surface area contributed by atoms with E-state index in [1.807, 2.05) is 36.2 Å². The molecular formula is C24H23Cl2N7O. The number of amides is 1. The lowest BCUT2D eigenvalue weighted by Crippen LogP contribution is -2.49. The van der Waals surface area contributed by atoms with E-state index >= 15 is 0 Å². The van der Waals surface area contributed by atoms with Crippen molar-refractivity contribution in [3.63, 3.8) is 0 Å². The Kier molecular flexibility index (Phi) is 7.48. The molecule has 2 aromatic heterocycles. The number of aromatic nitrogens is 2. The first kappa shape index (κ1) is 23.8. The molecule has 0 atom stereocenters. The van der Waals surface area contributed by atoms with E-state index in [1.165, 1.54) is 6.20 Å². The molecule has 1 aliphatic heterocycles. The number of halogens is 2. The van der Waals surface area contributed by atoms with Gasteiger partial charge in [-0.25, -0.2) is 9.97 Å². The molecule has 3 aromatic rings. The maximum absolute atomic E-state index is 12.8. The Morgan fingerprint density at radius 3 is 2.50 bits per heavy atom. The summed E-state index contributed by atoms with van der Waals surface area (Å²) in [7, 11) is 1.93. The van der Waals surface area contributed by atoms with E-state index in [-0.39, 0.29) is 5.91 Å². The number of carbonyl (C=O) groups excluding carboxylic acids is 1. The number of rotatable bonds is 7. The van der Waals surface area contributed by atoms with Crippen LogP contribution in [0.5, 0.6) is 0 Å². The topological polar surface area (TPSA) is 97.2 Å². The highest BCUT2D eigenvalue weighted by molar-refractivity contribution is 6.36. The molecule has 0 aliphatic carbocycles. The van der Waals surface area contributed by atoms with Gasteiger partial charge in [0, 0.05) is 43.0 Å². The summed E-state index contributed by atoms with van der Waals surface area (Å²) >= 11 is 12.6. The average molecular weight is 496 g/mol. The largest absolute Gasteiger partial charge is 0.368 e. The van der Waals surface area contributed by atoms with E-state index < -0.39 is 0 Å². The minimum atomic E-state index is 0.0155. The molecule has 0 bridgehead atoms. The highest BCUT2D eigenvalue weighted by Crippen LogP contribution is 2.36. The van der Waals surface area contributed by atoms with Crippen LogP contribution >= 0.6 is 23.2 Å². The summed E-state index contributed by atoms with van der Waals surface area (Å²) < 4.78 is 0. The quantitative estimate of drug-likeness (QED) is 0.475. The maximum atomic E-state index is 12.8. The molecule has 0 saturated carbocycles. The van der Waals surface area contributed by atoms with E-state index in [0.29, 0.717) is 70.4 Å². The Bertz CT molecular complexity index is 1230. The number of anilines is 3. The third kappa shape index (κ3) is 5.57. The second-order valence-corrected chi connectivity index (χ2v) is 8.71. The molecule has 8 nitrogen and oxygen atoms in total. The molecule has 3 heterocycles. The van der Waals surface area contributed by atoms with Crippen molar-refractivity contribution in [2.45, 2.75) is 0 Å². The van der Waals surface area contributed by atoms with Crippen molar-refractivity contribution in [1.82, 2.24) is 14.9 Å². The van der Waals surface area contributed by atoms with Gasteiger partial charge in [0.15, 0.2) is 0 Å². The SMILES string of the molecule is CN1CCN(c2ccc(NCCNc3ccc(C#N)cn3)nc2-c2ccc(Cl)cc2Cl)C(=O)C1. The number of piperazine rings is 1. The second kappa shape index (κ2) is 10.7. The molecule has 1 aromatic carbocycles. The molecule has 1 fully saturated rings. The van der Waals surface area contributed by atoms with Gasteiger partial charge in [0.25, 0.3) is 0 Å². The number of hydrogen-bond acceptors (Lipinski definition) is 7.